The Morgan fingerprint density at radius 2 is 2.19 bits per heavy atom. The molecule has 0 aliphatic carbocycles. The first-order valence-corrected chi connectivity index (χ1v) is 5.98. The van der Waals surface area contributed by atoms with E-state index in [1.165, 1.54) is 36.2 Å². The number of carboxylic acids is 1. The Morgan fingerprint density at radius 1 is 1.52 bits per heavy atom. The summed E-state index contributed by atoms with van der Waals surface area (Å²) in [5.41, 5.74) is -0.00768. The highest BCUT2D eigenvalue weighted by Crippen LogP contribution is 2.29. The van der Waals surface area contributed by atoms with Crippen molar-refractivity contribution in [1.82, 2.24) is 5.32 Å². The Labute approximate surface area is 120 Å². The van der Waals surface area contributed by atoms with E-state index >= 15 is 0 Å². The predicted octanol–water partition coefficient (Wildman–Crippen LogP) is 1.03. The van der Waals surface area contributed by atoms with E-state index in [9.17, 15) is 19.7 Å². The van der Waals surface area contributed by atoms with Gasteiger partial charge in [0.25, 0.3) is 11.6 Å². The van der Waals surface area contributed by atoms with Gasteiger partial charge in [-0.25, -0.2) is 0 Å². The van der Waals surface area contributed by atoms with Crippen LogP contribution in [0.1, 0.15) is 10.4 Å². The van der Waals surface area contributed by atoms with Crippen molar-refractivity contribution in [3.05, 3.63) is 46.5 Å². The molecule has 0 bridgehead atoms. The minimum absolute atomic E-state index is 0.0587. The summed E-state index contributed by atoms with van der Waals surface area (Å²) >= 11 is 0. The van der Waals surface area contributed by atoms with Gasteiger partial charge in [0.1, 0.15) is 12.2 Å². The standard InChI is InChI=1S/C13H15N3O5/c1-3-6-15(8-12(17)18)11-7-9(13(19)14-2)4-5-10(11)16(20)21/h3-5,7H,1,6,8H2,2H3,(H,14,19)(H,17,18). The number of nitro groups is 1. The average Bonchev–Trinajstić information content (AvgIpc) is 2.44. The third kappa shape index (κ3) is 4.03. The monoisotopic (exact) mass is 293 g/mol. The van der Waals surface area contributed by atoms with Crippen LogP contribution in [0.15, 0.2) is 30.9 Å². The molecule has 0 fully saturated rings. The number of anilines is 1. The molecule has 0 atom stereocenters. The molecule has 0 saturated heterocycles. The lowest BCUT2D eigenvalue weighted by Crippen LogP contribution is -2.30. The van der Waals surface area contributed by atoms with Crippen molar-refractivity contribution in [2.45, 2.75) is 0 Å². The minimum Gasteiger partial charge on any atom is -0.480 e. The molecule has 1 amide bonds. The van der Waals surface area contributed by atoms with Gasteiger partial charge >= 0.3 is 5.97 Å². The number of nitrogens with one attached hydrogen (secondary N) is 1. The number of hydrogen-bond donors (Lipinski definition) is 2. The van der Waals surface area contributed by atoms with Crippen LogP contribution < -0.4 is 10.2 Å². The molecule has 0 unspecified atom stereocenters. The molecule has 1 rings (SSSR count). The molecule has 0 heterocycles. The van der Waals surface area contributed by atoms with Gasteiger partial charge in [-0.3, -0.25) is 19.7 Å². The minimum atomic E-state index is -1.14. The van der Waals surface area contributed by atoms with Crippen molar-refractivity contribution in [2.75, 3.05) is 25.0 Å². The summed E-state index contributed by atoms with van der Waals surface area (Å²) in [7, 11) is 1.43. The number of benzene rings is 1. The van der Waals surface area contributed by atoms with Gasteiger partial charge in [0, 0.05) is 25.2 Å². The van der Waals surface area contributed by atoms with E-state index in [1.54, 1.807) is 0 Å². The van der Waals surface area contributed by atoms with E-state index in [-0.39, 0.29) is 23.5 Å². The zero-order valence-corrected chi connectivity index (χ0v) is 11.4. The van der Waals surface area contributed by atoms with E-state index in [2.05, 4.69) is 11.9 Å². The van der Waals surface area contributed by atoms with E-state index in [4.69, 9.17) is 5.11 Å². The molecule has 0 aliphatic rings. The maximum atomic E-state index is 11.6. The summed E-state index contributed by atoms with van der Waals surface area (Å²) in [6, 6.07) is 3.79. The summed E-state index contributed by atoms with van der Waals surface area (Å²) in [4.78, 5) is 34.2. The van der Waals surface area contributed by atoms with Crippen LogP contribution in [-0.2, 0) is 4.79 Å². The summed E-state index contributed by atoms with van der Waals surface area (Å²) in [5, 5.41) is 22.4. The Kier molecular flexibility index (Phi) is 5.41. The lowest BCUT2D eigenvalue weighted by molar-refractivity contribution is -0.384. The highest BCUT2D eigenvalue weighted by atomic mass is 16.6. The highest BCUT2D eigenvalue weighted by molar-refractivity contribution is 5.96. The van der Waals surface area contributed by atoms with Crippen molar-refractivity contribution in [3.8, 4) is 0 Å². The fourth-order valence-electron chi connectivity index (χ4n) is 1.78. The van der Waals surface area contributed by atoms with Crippen molar-refractivity contribution in [1.29, 1.82) is 0 Å². The van der Waals surface area contributed by atoms with Gasteiger partial charge in [0.2, 0.25) is 0 Å². The molecule has 112 valence electrons. The fourth-order valence-corrected chi connectivity index (χ4v) is 1.78. The van der Waals surface area contributed by atoms with Crippen LogP contribution in [0.2, 0.25) is 0 Å². The van der Waals surface area contributed by atoms with Crippen molar-refractivity contribution in [3.63, 3.8) is 0 Å². The number of rotatable bonds is 7. The molecule has 8 heteroatoms. The van der Waals surface area contributed by atoms with Gasteiger partial charge in [0.15, 0.2) is 0 Å². The molecular weight excluding hydrogens is 278 g/mol. The van der Waals surface area contributed by atoms with Crippen LogP contribution in [-0.4, -0.2) is 42.0 Å². The highest BCUT2D eigenvalue weighted by Gasteiger charge is 2.22. The summed E-state index contributed by atoms with van der Waals surface area (Å²) in [6.45, 7) is 3.16. The molecule has 0 saturated carbocycles. The topological polar surface area (TPSA) is 113 Å². The zero-order chi connectivity index (χ0) is 16.0. The quantitative estimate of drug-likeness (QED) is 0.441. The van der Waals surface area contributed by atoms with Crippen molar-refractivity contribution in [2.24, 2.45) is 0 Å². The number of amides is 1. The Hall–Kier alpha value is -2.90. The average molecular weight is 293 g/mol. The number of hydrogen-bond acceptors (Lipinski definition) is 5. The van der Waals surface area contributed by atoms with Crippen LogP contribution in [0, 0.1) is 10.1 Å². The number of carbonyl (C=O) groups is 2. The number of carbonyl (C=O) groups excluding carboxylic acids is 1. The Morgan fingerprint density at radius 3 is 2.67 bits per heavy atom. The molecular formula is C13H15N3O5. The lowest BCUT2D eigenvalue weighted by Gasteiger charge is -2.21. The number of carboxylic acid groups (broad SMARTS) is 1. The van der Waals surface area contributed by atoms with Crippen LogP contribution in [0.3, 0.4) is 0 Å². The van der Waals surface area contributed by atoms with Gasteiger partial charge < -0.3 is 15.3 Å². The van der Waals surface area contributed by atoms with E-state index in [1.807, 2.05) is 0 Å². The molecule has 21 heavy (non-hydrogen) atoms. The lowest BCUT2D eigenvalue weighted by atomic mass is 10.1. The van der Waals surface area contributed by atoms with Crippen LogP contribution >= 0.6 is 0 Å². The molecule has 1 aromatic rings. The molecule has 0 aliphatic heterocycles. The van der Waals surface area contributed by atoms with Gasteiger partial charge in [0.05, 0.1) is 4.92 Å². The Balaban J connectivity index is 3.37. The van der Waals surface area contributed by atoms with Gasteiger partial charge in [-0.1, -0.05) is 6.08 Å². The second kappa shape index (κ2) is 7.04. The first-order chi connectivity index (χ1) is 9.90. The predicted molar refractivity (Wildman–Crippen MR) is 76.5 cm³/mol. The van der Waals surface area contributed by atoms with Gasteiger partial charge in [-0.05, 0) is 12.1 Å². The fraction of sp³-hybridized carbons (Fsp3) is 0.231. The van der Waals surface area contributed by atoms with Gasteiger partial charge in [-0.2, -0.15) is 0 Å². The summed E-state index contributed by atoms with van der Waals surface area (Å²) in [5.74, 6) is -1.56. The van der Waals surface area contributed by atoms with Crippen LogP contribution in [0.25, 0.3) is 0 Å². The van der Waals surface area contributed by atoms with E-state index in [0.717, 1.165) is 0 Å². The SMILES string of the molecule is C=CCN(CC(=O)O)c1cc(C(=O)NC)ccc1[N+](=O)[O-]. The van der Waals surface area contributed by atoms with Gasteiger partial charge in [-0.15, -0.1) is 6.58 Å². The van der Waals surface area contributed by atoms with E-state index in [0.29, 0.717) is 0 Å². The second-order valence-corrected chi connectivity index (χ2v) is 4.10. The molecule has 0 spiro atoms. The number of nitro benzene ring substituents is 1. The first kappa shape index (κ1) is 16.2. The first-order valence-electron chi connectivity index (χ1n) is 5.98. The third-order valence-corrected chi connectivity index (χ3v) is 2.68. The molecule has 1 aromatic carbocycles. The number of aliphatic carboxylic acids is 1. The smallest absolute Gasteiger partial charge is 0.323 e. The largest absolute Gasteiger partial charge is 0.480 e. The maximum Gasteiger partial charge on any atom is 0.323 e. The van der Waals surface area contributed by atoms with Crippen LogP contribution in [0.5, 0.6) is 0 Å². The van der Waals surface area contributed by atoms with Crippen molar-refractivity contribution >= 4 is 23.3 Å². The van der Waals surface area contributed by atoms with E-state index < -0.39 is 23.3 Å². The molecule has 0 aromatic heterocycles. The van der Waals surface area contributed by atoms with Crippen molar-refractivity contribution < 1.29 is 19.6 Å². The molecule has 8 nitrogen and oxygen atoms in total. The summed E-state index contributed by atoms with van der Waals surface area (Å²) < 4.78 is 0. The second-order valence-electron chi connectivity index (χ2n) is 4.10. The normalized spacial score (nSPS) is 9.76. The maximum absolute atomic E-state index is 11.6. The number of nitrogens with zero attached hydrogens (tertiary/aromatic N) is 2. The molecule has 0 radical (unpaired) electrons. The third-order valence-electron chi connectivity index (χ3n) is 2.68. The van der Waals surface area contributed by atoms with Crippen LogP contribution in [0.4, 0.5) is 11.4 Å². The zero-order valence-electron chi connectivity index (χ0n) is 11.4. The Bertz CT molecular complexity index is 585. The summed E-state index contributed by atoms with van der Waals surface area (Å²) in [6.07, 6.45) is 1.43. The molecule has 2 N–H and O–H groups in total.